The third-order valence-electron chi connectivity index (χ3n) is 2.23. The van der Waals surface area contributed by atoms with Crippen molar-refractivity contribution in [3.05, 3.63) is 17.5 Å². The molecule has 0 spiro atoms. The number of nitrogens with one attached hydrogen (secondary N) is 2. The lowest BCUT2D eigenvalue weighted by atomic mass is 10.3. The van der Waals surface area contributed by atoms with E-state index in [4.69, 9.17) is 0 Å². The zero-order valence-corrected chi connectivity index (χ0v) is 10.1. The number of hydrogen-bond acceptors (Lipinski definition) is 2. The first-order valence-electron chi connectivity index (χ1n) is 5.65. The number of hydrogen-bond donors (Lipinski definition) is 2. The van der Waals surface area contributed by atoms with E-state index in [2.05, 4.69) is 29.1 Å². The van der Waals surface area contributed by atoms with Gasteiger partial charge in [-0.15, -0.1) is 0 Å². The van der Waals surface area contributed by atoms with Crippen LogP contribution in [0, 0.1) is 0 Å². The van der Waals surface area contributed by atoms with E-state index in [0.717, 1.165) is 29.9 Å². The average molecular weight is 221 g/mol. The van der Waals surface area contributed by atoms with Crippen LogP contribution < -0.4 is 5.32 Å². The molecule has 1 aromatic rings. The maximum absolute atomic E-state index is 10.8. The van der Waals surface area contributed by atoms with Crippen LogP contribution in [0.3, 0.4) is 0 Å². The van der Waals surface area contributed by atoms with Crippen molar-refractivity contribution in [2.75, 3.05) is 0 Å². The van der Waals surface area contributed by atoms with Gasteiger partial charge in [0.25, 0.3) is 0 Å². The Morgan fingerprint density at radius 3 is 2.88 bits per heavy atom. The molecule has 1 amide bonds. The quantitative estimate of drug-likeness (QED) is 0.736. The average Bonchev–Trinajstić information content (AvgIpc) is 2.66. The summed E-state index contributed by atoms with van der Waals surface area (Å²) in [6, 6.07) is 1.99. The smallest absolute Gasteiger partial charge is 0.217 e. The summed E-state index contributed by atoms with van der Waals surface area (Å²) in [4.78, 5) is 18.4. The van der Waals surface area contributed by atoms with Crippen LogP contribution in [0.25, 0.3) is 0 Å². The van der Waals surface area contributed by atoms with Crippen molar-refractivity contribution in [1.29, 1.82) is 0 Å². The van der Waals surface area contributed by atoms with Crippen molar-refractivity contribution < 1.29 is 4.79 Å². The molecule has 0 unspecified atom stereocenters. The molecule has 2 N–H and O–H groups in total. The van der Waals surface area contributed by atoms with Crippen molar-refractivity contribution in [3.63, 3.8) is 0 Å². The molecule has 16 heavy (non-hydrogen) atoms. The Morgan fingerprint density at radius 2 is 2.31 bits per heavy atom. The molecule has 4 nitrogen and oxygen atoms in total. The molecule has 4 heteroatoms. The van der Waals surface area contributed by atoms with Gasteiger partial charge in [0.1, 0.15) is 0 Å². The molecule has 88 valence electrons. The number of aromatic amines is 1. The predicted molar refractivity (Wildman–Crippen MR) is 66.1 cm³/mol. The lowest BCUT2D eigenvalue weighted by molar-refractivity contribution is -0.119. The molecule has 1 rings (SSSR count). The summed E-state index contributed by atoms with van der Waals surface area (Å²) in [5.74, 6) is -0.0220. The van der Waals surface area contributed by atoms with Gasteiger partial charge in [-0.2, -0.15) is 0 Å². The van der Waals surface area contributed by atoms with Crippen LogP contribution in [0.4, 0.5) is 5.69 Å². The second kappa shape index (κ2) is 6.10. The summed E-state index contributed by atoms with van der Waals surface area (Å²) in [5.41, 5.74) is 3.09. The first-order valence-corrected chi connectivity index (χ1v) is 5.65. The van der Waals surface area contributed by atoms with Crippen molar-refractivity contribution in [2.24, 2.45) is 4.99 Å². The molecule has 1 aromatic heterocycles. The molecule has 0 aliphatic carbocycles. The lowest BCUT2D eigenvalue weighted by Crippen LogP contribution is -2.19. The summed E-state index contributed by atoms with van der Waals surface area (Å²) in [5, 5.41) is 2.76. The zero-order valence-electron chi connectivity index (χ0n) is 10.1. The van der Waals surface area contributed by atoms with E-state index in [1.54, 1.807) is 0 Å². The van der Waals surface area contributed by atoms with Crippen LogP contribution in [0.5, 0.6) is 0 Å². The van der Waals surface area contributed by atoms with Crippen molar-refractivity contribution in [3.8, 4) is 0 Å². The molecule has 0 aromatic carbocycles. The number of H-pyrrole nitrogens is 1. The normalized spacial score (nSPS) is 10.9. The van der Waals surface area contributed by atoms with Gasteiger partial charge in [0.15, 0.2) is 0 Å². The third kappa shape index (κ3) is 3.53. The van der Waals surface area contributed by atoms with Crippen LogP contribution in [-0.4, -0.2) is 17.1 Å². The fourth-order valence-electron chi connectivity index (χ4n) is 1.44. The summed E-state index contributed by atoms with van der Waals surface area (Å²) < 4.78 is 0. The Kier molecular flexibility index (Phi) is 4.76. The van der Waals surface area contributed by atoms with Gasteiger partial charge in [-0.25, -0.2) is 0 Å². The molecule has 0 saturated heterocycles. The van der Waals surface area contributed by atoms with Crippen LogP contribution in [0.1, 0.15) is 38.6 Å². The predicted octanol–water partition coefficient (Wildman–Crippen LogP) is 2.33. The van der Waals surface area contributed by atoms with Gasteiger partial charge >= 0.3 is 0 Å². The second-order valence-electron chi connectivity index (χ2n) is 3.64. The molecule has 0 aliphatic heterocycles. The Labute approximate surface area is 96.2 Å². The Bertz CT molecular complexity index is 380. The number of nitrogens with zero attached hydrogens (tertiary/aromatic N) is 1. The van der Waals surface area contributed by atoms with Crippen LogP contribution >= 0.6 is 0 Å². The monoisotopic (exact) mass is 221 g/mol. The molecule has 0 atom stereocenters. The number of amides is 1. The van der Waals surface area contributed by atoms with Gasteiger partial charge in [-0.3, -0.25) is 9.79 Å². The van der Waals surface area contributed by atoms with E-state index in [-0.39, 0.29) is 5.91 Å². The first kappa shape index (κ1) is 12.5. The highest BCUT2D eigenvalue weighted by atomic mass is 16.1. The standard InChI is InChI=1S/C12H19N3O/c1-4-6-13-12-7-10(8-14-9(3)16)15-11(12)5-2/h6-7,15H,4-5,8H2,1-3H3,(H,14,16). The fraction of sp³-hybridized carbons (Fsp3) is 0.500. The molecule has 0 fully saturated rings. The van der Waals surface area contributed by atoms with E-state index >= 15 is 0 Å². The number of carbonyl (C=O) groups is 1. The molecule has 0 radical (unpaired) electrons. The lowest BCUT2D eigenvalue weighted by Gasteiger charge is -1.98. The molecule has 1 heterocycles. The molecule has 0 bridgehead atoms. The SMILES string of the molecule is CCC=Nc1cc(CNC(C)=O)[nH]c1CC. The number of aryl methyl sites for hydroxylation is 1. The first-order chi connectivity index (χ1) is 7.67. The van der Waals surface area contributed by atoms with Gasteiger partial charge in [-0.05, 0) is 18.9 Å². The van der Waals surface area contributed by atoms with E-state index in [0.29, 0.717) is 6.54 Å². The maximum Gasteiger partial charge on any atom is 0.217 e. The minimum Gasteiger partial charge on any atom is -0.359 e. The minimum absolute atomic E-state index is 0.0220. The highest BCUT2D eigenvalue weighted by Crippen LogP contribution is 2.20. The van der Waals surface area contributed by atoms with Crippen LogP contribution in [-0.2, 0) is 17.8 Å². The number of aromatic nitrogens is 1. The van der Waals surface area contributed by atoms with Gasteiger partial charge < -0.3 is 10.3 Å². The number of carbonyl (C=O) groups excluding carboxylic acids is 1. The van der Waals surface area contributed by atoms with E-state index in [1.807, 2.05) is 12.3 Å². The molecule has 0 aliphatic rings. The summed E-state index contributed by atoms with van der Waals surface area (Å²) in [6.45, 7) is 6.18. The van der Waals surface area contributed by atoms with Gasteiger partial charge in [0.2, 0.25) is 5.91 Å². The summed E-state index contributed by atoms with van der Waals surface area (Å²) in [7, 11) is 0. The third-order valence-corrected chi connectivity index (χ3v) is 2.23. The highest BCUT2D eigenvalue weighted by molar-refractivity contribution is 5.72. The van der Waals surface area contributed by atoms with Crippen LogP contribution in [0.15, 0.2) is 11.1 Å². The van der Waals surface area contributed by atoms with Gasteiger partial charge in [-0.1, -0.05) is 13.8 Å². The topological polar surface area (TPSA) is 57.2 Å². The highest BCUT2D eigenvalue weighted by Gasteiger charge is 2.05. The van der Waals surface area contributed by atoms with E-state index in [1.165, 1.54) is 6.92 Å². The van der Waals surface area contributed by atoms with Crippen molar-refractivity contribution in [1.82, 2.24) is 10.3 Å². The summed E-state index contributed by atoms with van der Waals surface area (Å²) in [6.07, 6.45) is 3.73. The fourth-order valence-corrected chi connectivity index (χ4v) is 1.44. The largest absolute Gasteiger partial charge is 0.359 e. The summed E-state index contributed by atoms with van der Waals surface area (Å²) >= 11 is 0. The van der Waals surface area contributed by atoms with Crippen molar-refractivity contribution >= 4 is 17.8 Å². The second-order valence-corrected chi connectivity index (χ2v) is 3.64. The van der Waals surface area contributed by atoms with E-state index in [9.17, 15) is 4.79 Å². The zero-order chi connectivity index (χ0) is 12.0. The molecular weight excluding hydrogens is 202 g/mol. The van der Waals surface area contributed by atoms with Gasteiger partial charge in [0, 0.05) is 24.5 Å². The Morgan fingerprint density at radius 1 is 1.56 bits per heavy atom. The maximum atomic E-state index is 10.8. The Balaban J connectivity index is 2.76. The van der Waals surface area contributed by atoms with E-state index < -0.39 is 0 Å². The van der Waals surface area contributed by atoms with Gasteiger partial charge in [0.05, 0.1) is 12.2 Å². The number of aliphatic imine (C=N–C) groups is 1. The molecular formula is C12H19N3O. The van der Waals surface area contributed by atoms with Crippen LogP contribution in [0.2, 0.25) is 0 Å². The Hall–Kier alpha value is -1.58. The number of rotatable bonds is 5. The van der Waals surface area contributed by atoms with Crippen molar-refractivity contribution in [2.45, 2.75) is 40.2 Å². The minimum atomic E-state index is -0.0220. The molecule has 0 saturated carbocycles.